The van der Waals surface area contributed by atoms with Crippen LogP contribution < -0.4 is 10.2 Å². The number of benzene rings is 1. The molecule has 1 amide bonds. The van der Waals surface area contributed by atoms with Gasteiger partial charge in [0.2, 0.25) is 0 Å². The third-order valence-corrected chi connectivity index (χ3v) is 6.33. The van der Waals surface area contributed by atoms with Crippen LogP contribution in [0.15, 0.2) is 55.0 Å². The first-order valence-electron chi connectivity index (χ1n) is 11.7. The maximum absolute atomic E-state index is 13.0. The van der Waals surface area contributed by atoms with Gasteiger partial charge < -0.3 is 15.3 Å². The molecule has 0 saturated carbocycles. The molecule has 9 heteroatoms. The van der Waals surface area contributed by atoms with E-state index in [1.54, 1.807) is 6.20 Å². The number of hydrogen-bond acceptors (Lipinski definition) is 7. The highest BCUT2D eigenvalue weighted by atomic mass is 16.3. The van der Waals surface area contributed by atoms with Gasteiger partial charge in [0.25, 0.3) is 5.91 Å². The molecule has 1 aromatic carbocycles. The predicted molar refractivity (Wildman–Crippen MR) is 136 cm³/mol. The predicted octanol–water partition coefficient (Wildman–Crippen LogP) is 3.29. The minimum atomic E-state index is -0.299. The number of pyridine rings is 2. The van der Waals surface area contributed by atoms with Gasteiger partial charge in [-0.2, -0.15) is 5.10 Å². The number of H-pyrrole nitrogens is 1. The molecule has 1 aliphatic heterocycles. The molecule has 9 nitrogen and oxygen atoms in total. The summed E-state index contributed by atoms with van der Waals surface area (Å²) in [6.07, 6.45) is 6.79. The minimum Gasteiger partial charge on any atom is -0.393 e. The van der Waals surface area contributed by atoms with E-state index >= 15 is 0 Å². The van der Waals surface area contributed by atoms with E-state index in [-0.39, 0.29) is 12.0 Å². The summed E-state index contributed by atoms with van der Waals surface area (Å²) in [5, 5.41) is 20.6. The lowest BCUT2D eigenvalue weighted by Gasteiger charge is -2.29. The number of aromatic nitrogens is 4. The van der Waals surface area contributed by atoms with Crippen LogP contribution in [0, 0.1) is 0 Å². The molecule has 1 saturated heterocycles. The van der Waals surface area contributed by atoms with Crippen LogP contribution in [-0.4, -0.2) is 69.4 Å². The molecule has 3 N–H and O–H groups in total. The first kappa shape index (κ1) is 22.9. The Bertz CT molecular complexity index is 1330. The van der Waals surface area contributed by atoms with E-state index in [2.05, 4.69) is 36.4 Å². The van der Waals surface area contributed by atoms with Crippen molar-refractivity contribution in [3.05, 3.63) is 66.2 Å². The molecule has 4 heterocycles. The fourth-order valence-corrected chi connectivity index (χ4v) is 4.35. The molecule has 35 heavy (non-hydrogen) atoms. The van der Waals surface area contributed by atoms with E-state index in [1.807, 2.05) is 61.7 Å². The lowest BCUT2D eigenvalue weighted by Crippen LogP contribution is -2.35. The first-order valence-corrected chi connectivity index (χ1v) is 11.7. The number of aromatic amines is 1. The van der Waals surface area contributed by atoms with Crippen molar-refractivity contribution in [1.29, 1.82) is 0 Å². The molecule has 0 unspecified atom stereocenters. The third kappa shape index (κ3) is 5.16. The Kier molecular flexibility index (Phi) is 6.43. The van der Waals surface area contributed by atoms with Gasteiger partial charge in [-0.1, -0.05) is 6.07 Å². The molecule has 4 aromatic rings. The second-order valence-electron chi connectivity index (χ2n) is 9.18. The van der Waals surface area contributed by atoms with Crippen LogP contribution in [0.4, 0.5) is 11.5 Å². The second-order valence-corrected chi connectivity index (χ2v) is 9.18. The summed E-state index contributed by atoms with van der Waals surface area (Å²) in [6.45, 7) is 2.58. The molecule has 0 atom stereocenters. The van der Waals surface area contributed by atoms with E-state index in [1.165, 1.54) is 0 Å². The normalized spacial score (nSPS) is 14.8. The molecule has 0 bridgehead atoms. The van der Waals surface area contributed by atoms with Crippen LogP contribution in [0.3, 0.4) is 0 Å². The Hall–Kier alpha value is -3.82. The van der Waals surface area contributed by atoms with Crippen LogP contribution >= 0.6 is 0 Å². The van der Waals surface area contributed by atoms with Gasteiger partial charge in [0.1, 0.15) is 5.82 Å². The zero-order valence-electron chi connectivity index (χ0n) is 19.9. The summed E-state index contributed by atoms with van der Waals surface area (Å²) in [6, 6.07) is 11.7. The largest absolute Gasteiger partial charge is 0.393 e. The third-order valence-electron chi connectivity index (χ3n) is 6.33. The number of aliphatic hydroxyl groups is 1. The van der Waals surface area contributed by atoms with E-state index in [4.69, 9.17) is 0 Å². The average Bonchev–Trinajstić information content (AvgIpc) is 3.29. The topological polar surface area (TPSA) is 110 Å². The maximum Gasteiger partial charge on any atom is 0.276 e. The Morgan fingerprint density at radius 1 is 1.11 bits per heavy atom. The number of piperidine rings is 1. The van der Waals surface area contributed by atoms with Crippen molar-refractivity contribution in [1.82, 2.24) is 25.1 Å². The molecular weight excluding hydrogens is 442 g/mol. The Labute approximate surface area is 203 Å². The monoisotopic (exact) mass is 471 g/mol. The molecule has 3 aromatic heterocycles. The molecule has 0 spiro atoms. The highest BCUT2D eigenvalue weighted by Crippen LogP contribution is 2.27. The fraction of sp³-hybridized carbons (Fsp3) is 0.308. The molecule has 1 fully saturated rings. The molecule has 5 rings (SSSR count). The van der Waals surface area contributed by atoms with E-state index in [0.717, 1.165) is 65.9 Å². The van der Waals surface area contributed by atoms with E-state index < -0.39 is 0 Å². The van der Waals surface area contributed by atoms with Crippen molar-refractivity contribution in [3.8, 4) is 11.1 Å². The van der Waals surface area contributed by atoms with E-state index in [0.29, 0.717) is 11.4 Å². The zero-order valence-corrected chi connectivity index (χ0v) is 19.9. The number of aliphatic hydroxyl groups excluding tert-OH is 1. The number of hydrogen-bond donors (Lipinski definition) is 3. The number of likely N-dealkylation sites (tertiary alicyclic amines) is 1. The summed E-state index contributed by atoms with van der Waals surface area (Å²) in [5.74, 6) is 0.513. The Morgan fingerprint density at radius 2 is 1.94 bits per heavy atom. The number of fused-ring (bicyclic) bond motifs is 1. The van der Waals surface area contributed by atoms with Crippen LogP contribution in [0.25, 0.3) is 22.0 Å². The lowest BCUT2D eigenvalue weighted by atomic mass is 10.0. The maximum atomic E-state index is 13.0. The lowest BCUT2D eigenvalue weighted by molar-refractivity contribution is 0.0792. The number of rotatable bonds is 6. The quantitative estimate of drug-likeness (QED) is 0.396. The Morgan fingerprint density at radius 3 is 2.69 bits per heavy atom. The summed E-state index contributed by atoms with van der Waals surface area (Å²) in [5.41, 5.74) is 4.80. The summed E-state index contributed by atoms with van der Waals surface area (Å²) < 4.78 is 0. The van der Waals surface area contributed by atoms with Crippen LogP contribution in [-0.2, 0) is 6.54 Å². The number of carbonyl (C=O) groups is 1. The standard InChI is InChI=1S/C26H29N7O2/c1-32(2)24-6-4-20(15-28-24)29-26(35)25-22-12-18(3-5-23(22)30-31-25)19-11-17(13-27-14-19)16-33-9-7-21(34)8-10-33/h3-6,11-15,21,34H,7-10,16H2,1-2H3,(H,29,35)(H,30,31). The number of carbonyl (C=O) groups excluding carboxylic acids is 1. The van der Waals surface area contributed by atoms with Crippen LogP contribution in [0.1, 0.15) is 28.9 Å². The molecule has 0 aliphatic carbocycles. The van der Waals surface area contributed by atoms with Gasteiger partial charge >= 0.3 is 0 Å². The van der Waals surface area contributed by atoms with Crippen molar-refractivity contribution in [2.75, 3.05) is 37.4 Å². The van der Waals surface area contributed by atoms with Gasteiger partial charge in [-0.05, 0) is 54.3 Å². The highest BCUT2D eigenvalue weighted by molar-refractivity contribution is 6.11. The van der Waals surface area contributed by atoms with Gasteiger partial charge in [0.05, 0.1) is 23.5 Å². The van der Waals surface area contributed by atoms with Gasteiger partial charge in [-0.25, -0.2) is 4.98 Å². The smallest absolute Gasteiger partial charge is 0.276 e. The first-order chi connectivity index (χ1) is 17.0. The van der Waals surface area contributed by atoms with Crippen molar-refractivity contribution >= 4 is 28.3 Å². The van der Waals surface area contributed by atoms with Crippen molar-refractivity contribution < 1.29 is 9.90 Å². The van der Waals surface area contributed by atoms with Crippen molar-refractivity contribution in [3.63, 3.8) is 0 Å². The molecule has 1 aliphatic rings. The SMILES string of the molecule is CN(C)c1ccc(NC(=O)c2n[nH]c3ccc(-c4cncc(CN5CCC(O)CC5)c4)cc23)cn1. The van der Waals surface area contributed by atoms with Crippen LogP contribution in [0.5, 0.6) is 0 Å². The van der Waals surface area contributed by atoms with Gasteiger partial charge in [0.15, 0.2) is 5.69 Å². The average molecular weight is 472 g/mol. The van der Waals surface area contributed by atoms with Crippen molar-refractivity contribution in [2.45, 2.75) is 25.5 Å². The van der Waals surface area contributed by atoms with Crippen LogP contribution in [0.2, 0.25) is 0 Å². The van der Waals surface area contributed by atoms with Crippen molar-refractivity contribution in [2.24, 2.45) is 0 Å². The number of amides is 1. The number of nitrogens with one attached hydrogen (secondary N) is 2. The van der Waals surface area contributed by atoms with Gasteiger partial charge in [-0.3, -0.25) is 19.8 Å². The Balaban J connectivity index is 1.36. The summed E-state index contributed by atoms with van der Waals surface area (Å²) in [4.78, 5) is 26.0. The zero-order chi connectivity index (χ0) is 24.4. The number of nitrogens with zero attached hydrogens (tertiary/aromatic N) is 5. The minimum absolute atomic E-state index is 0.183. The molecule has 180 valence electrons. The fourth-order valence-electron chi connectivity index (χ4n) is 4.35. The highest BCUT2D eigenvalue weighted by Gasteiger charge is 2.18. The molecular formula is C26H29N7O2. The summed E-state index contributed by atoms with van der Waals surface area (Å²) in [7, 11) is 3.83. The van der Waals surface area contributed by atoms with Gasteiger partial charge in [-0.15, -0.1) is 0 Å². The molecule has 0 radical (unpaired) electrons. The number of anilines is 2. The summed E-state index contributed by atoms with van der Waals surface area (Å²) >= 11 is 0. The van der Waals surface area contributed by atoms with Gasteiger partial charge in [0, 0.05) is 57.1 Å². The second kappa shape index (κ2) is 9.81. The van der Waals surface area contributed by atoms with E-state index in [9.17, 15) is 9.90 Å².